The average molecular weight is 299 g/mol. The van der Waals surface area contributed by atoms with Crippen LogP contribution in [0.1, 0.15) is 28.4 Å². The Kier molecular flexibility index (Phi) is 3.77. The second-order valence-electron chi connectivity index (χ2n) is 5.63. The zero-order valence-corrected chi connectivity index (χ0v) is 11.9. The van der Waals surface area contributed by atoms with Gasteiger partial charge >= 0.3 is 5.97 Å². The van der Waals surface area contributed by atoms with Crippen molar-refractivity contribution in [1.29, 1.82) is 0 Å². The molecule has 1 aliphatic carbocycles. The molecule has 6 heteroatoms. The number of carboxylic acids is 1. The Labute approximate surface area is 127 Å². The summed E-state index contributed by atoms with van der Waals surface area (Å²) in [4.78, 5) is 18.6. The van der Waals surface area contributed by atoms with E-state index in [9.17, 15) is 9.90 Å². The van der Waals surface area contributed by atoms with Gasteiger partial charge in [-0.1, -0.05) is 30.3 Å². The van der Waals surface area contributed by atoms with Crippen molar-refractivity contribution in [2.45, 2.75) is 12.3 Å². The molecule has 1 aromatic carbocycles. The molecule has 2 aromatic rings. The minimum Gasteiger partial charge on any atom is -0.476 e. The molecule has 1 saturated carbocycles. The average Bonchev–Trinajstić information content (AvgIpc) is 3.29. The van der Waals surface area contributed by atoms with E-state index in [1.165, 1.54) is 18.0 Å². The number of nitrogens with one attached hydrogen (secondary N) is 1. The predicted octanol–water partition coefficient (Wildman–Crippen LogP) is 1.75. The molecule has 1 heterocycles. The van der Waals surface area contributed by atoms with Crippen LogP contribution in [0.5, 0.6) is 0 Å². The molecule has 6 nitrogen and oxygen atoms in total. The summed E-state index contributed by atoms with van der Waals surface area (Å²) >= 11 is 0. The lowest BCUT2D eigenvalue weighted by Gasteiger charge is -2.16. The first-order valence-electron chi connectivity index (χ1n) is 7.10. The van der Waals surface area contributed by atoms with Crippen LogP contribution in [-0.4, -0.2) is 39.3 Å². The fourth-order valence-electron chi connectivity index (χ4n) is 2.73. The van der Waals surface area contributed by atoms with Gasteiger partial charge in [-0.15, -0.1) is 0 Å². The van der Waals surface area contributed by atoms with Crippen molar-refractivity contribution in [2.24, 2.45) is 5.41 Å². The lowest BCUT2D eigenvalue weighted by Crippen LogP contribution is -2.22. The molecule has 0 spiro atoms. The Morgan fingerprint density at radius 3 is 2.64 bits per heavy atom. The van der Waals surface area contributed by atoms with Crippen molar-refractivity contribution in [2.75, 3.05) is 18.5 Å². The van der Waals surface area contributed by atoms with Gasteiger partial charge in [0.2, 0.25) is 0 Å². The normalized spacial score (nSPS) is 23.0. The van der Waals surface area contributed by atoms with Crippen LogP contribution in [0.4, 0.5) is 5.82 Å². The Bertz CT molecular complexity index is 660. The number of nitrogens with zero attached hydrogens (tertiary/aromatic N) is 2. The maximum atomic E-state index is 10.7. The number of benzene rings is 1. The Morgan fingerprint density at radius 2 is 2.05 bits per heavy atom. The molecule has 1 aromatic heterocycles. The fourth-order valence-corrected chi connectivity index (χ4v) is 2.73. The molecule has 1 aliphatic rings. The van der Waals surface area contributed by atoms with Crippen LogP contribution in [0.3, 0.4) is 0 Å². The molecule has 1 fully saturated rings. The lowest BCUT2D eigenvalue weighted by molar-refractivity contribution is 0.0690. The third kappa shape index (κ3) is 2.78. The number of aromatic nitrogens is 2. The molecule has 0 saturated heterocycles. The number of carbonyl (C=O) groups is 1. The van der Waals surface area contributed by atoms with Crippen molar-refractivity contribution in [3.63, 3.8) is 0 Å². The zero-order chi connectivity index (χ0) is 15.6. The summed E-state index contributed by atoms with van der Waals surface area (Å²) in [5.74, 6) is -0.258. The van der Waals surface area contributed by atoms with Gasteiger partial charge in [-0.25, -0.2) is 14.8 Å². The van der Waals surface area contributed by atoms with Gasteiger partial charge in [-0.2, -0.15) is 0 Å². The van der Waals surface area contributed by atoms with E-state index >= 15 is 0 Å². The predicted molar refractivity (Wildman–Crippen MR) is 80.8 cm³/mol. The fraction of sp³-hybridized carbons (Fsp3) is 0.312. The van der Waals surface area contributed by atoms with Gasteiger partial charge < -0.3 is 15.5 Å². The number of hydrogen-bond donors (Lipinski definition) is 3. The molecule has 114 valence electrons. The quantitative estimate of drug-likeness (QED) is 0.752. The maximum Gasteiger partial charge on any atom is 0.356 e. The first kappa shape index (κ1) is 14.5. The molecule has 22 heavy (non-hydrogen) atoms. The molecular weight excluding hydrogens is 282 g/mol. The first-order valence-corrected chi connectivity index (χ1v) is 7.10. The van der Waals surface area contributed by atoms with Gasteiger partial charge in [-0.05, 0) is 17.9 Å². The van der Waals surface area contributed by atoms with Crippen LogP contribution in [0.15, 0.2) is 42.7 Å². The molecule has 3 rings (SSSR count). The van der Waals surface area contributed by atoms with Crippen molar-refractivity contribution < 1.29 is 15.0 Å². The van der Waals surface area contributed by atoms with E-state index < -0.39 is 5.97 Å². The maximum absolute atomic E-state index is 10.7. The van der Waals surface area contributed by atoms with E-state index in [-0.39, 0.29) is 17.7 Å². The van der Waals surface area contributed by atoms with Crippen LogP contribution < -0.4 is 5.32 Å². The van der Waals surface area contributed by atoms with Gasteiger partial charge in [0.25, 0.3) is 0 Å². The zero-order valence-electron chi connectivity index (χ0n) is 11.9. The second kappa shape index (κ2) is 5.73. The van der Waals surface area contributed by atoms with E-state index in [4.69, 9.17) is 5.11 Å². The summed E-state index contributed by atoms with van der Waals surface area (Å²) < 4.78 is 0. The lowest BCUT2D eigenvalue weighted by atomic mass is 10.00. The number of anilines is 1. The standard InChI is InChI=1S/C16H17N3O3/c20-10-16(6-12(16)11-4-2-1-3-5-11)9-19-14-8-17-13(7-18-14)15(21)22/h1-5,7-8,12,20H,6,9-10H2,(H,18,19)(H,21,22). The third-order valence-electron chi connectivity index (χ3n) is 4.20. The highest BCUT2D eigenvalue weighted by molar-refractivity contribution is 5.84. The van der Waals surface area contributed by atoms with Gasteiger partial charge in [0.1, 0.15) is 5.82 Å². The van der Waals surface area contributed by atoms with E-state index in [1.807, 2.05) is 18.2 Å². The van der Waals surface area contributed by atoms with Crippen LogP contribution in [-0.2, 0) is 0 Å². The molecule has 3 N–H and O–H groups in total. The monoisotopic (exact) mass is 299 g/mol. The largest absolute Gasteiger partial charge is 0.476 e. The number of hydrogen-bond acceptors (Lipinski definition) is 5. The Hall–Kier alpha value is -2.47. The van der Waals surface area contributed by atoms with Crippen molar-refractivity contribution >= 4 is 11.8 Å². The number of rotatable bonds is 6. The third-order valence-corrected chi connectivity index (χ3v) is 4.20. The summed E-state index contributed by atoms with van der Waals surface area (Å²) in [5, 5.41) is 21.7. The number of aromatic carboxylic acids is 1. The smallest absolute Gasteiger partial charge is 0.356 e. The highest BCUT2D eigenvalue weighted by Gasteiger charge is 2.54. The SMILES string of the molecule is O=C(O)c1cnc(NCC2(CO)CC2c2ccccc2)cn1. The first-order chi connectivity index (χ1) is 10.6. The van der Waals surface area contributed by atoms with Gasteiger partial charge in [-0.3, -0.25) is 0 Å². The summed E-state index contributed by atoms with van der Waals surface area (Å²) in [6.07, 6.45) is 3.54. The highest BCUT2D eigenvalue weighted by atomic mass is 16.4. The number of aliphatic hydroxyl groups is 1. The van der Waals surface area contributed by atoms with Crippen molar-refractivity contribution in [1.82, 2.24) is 9.97 Å². The van der Waals surface area contributed by atoms with E-state index in [1.54, 1.807) is 0 Å². The van der Waals surface area contributed by atoms with Crippen molar-refractivity contribution in [3.05, 3.63) is 54.0 Å². The highest BCUT2D eigenvalue weighted by Crippen LogP contribution is 2.58. The summed E-state index contributed by atoms with van der Waals surface area (Å²) in [6, 6.07) is 10.1. The van der Waals surface area contributed by atoms with E-state index in [2.05, 4.69) is 27.4 Å². The molecule has 0 bridgehead atoms. The summed E-state index contributed by atoms with van der Waals surface area (Å²) in [5.41, 5.74) is 0.954. The number of aliphatic hydroxyl groups excluding tert-OH is 1. The molecule has 2 unspecified atom stereocenters. The summed E-state index contributed by atoms with van der Waals surface area (Å²) in [7, 11) is 0. The van der Waals surface area contributed by atoms with Crippen molar-refractivity contribution in [3.8, 4) is 0 Å². The molecule has 0 radical (unpaired) electrons. The van der Waals surface area contributed by atoms with Crippen LogP contribution in [0.2, 0.25) is 0 Å². The van der Waals surface area contributed by atoms with E-state index in [0.29, 0.717) is 18.3 Å². The minimum atomic E-state index is -1.10. The Morgan fingerprint density at radius 1 is 1.27 bits per heavy atom. The second-order valence-corrected chi connectivity index (χ2v) is 5.63. The summed E-state index contributed by atoms with van der Waals surface area (Å²) in [6.45, 7) is 0.671. The molecular formula is C16H17N3O3. The topological polar surface area (TPSA) is 95.3 Å². The van der Waals surface area contributed by atoms with Gasteiger partial charge in [0.05, 0.1) is 19.0 Å². The Balaban J connectivity index is 1.64. The number of carboxylic acid groups (broad SMARTS) is 1. The minimum absolute atomic E-state index is 0.0870. The molecule has 0 amide bonds. The van der Waals surface area contributed by atoms with Crippen LogP contribution in [0.25, 0.3) is 0 Å². The molecule has 2 atom stereocenters. The van der Waals surface area contributed by atoms with Gasteiger partial charge in [0, 0.05) is 12.0 Å². The van der Waals surface area contributed by atoms with E-state index in [0.717, 1.165) is 6.42 Å². The van der Waals surface area contributed by atoms with Crippen LogP contribution >= 0.6 is 0 Å². The van der Waals surface area contributed by atoms with Crippen LogP contribution in [0, 0.1) is 5.41 Å². The molecule has 0 aliphatic heterocycles. The van der Waals surface area contributed by atoms with Gasteiger partial charge in [0.15, 0.2) is 5.69 Å².